The molecule has 17 heavy (non-hydrogen) atoms. The standard InChI is InChI=1S/C14H24Cl2S/c1-9-5-3-6-10(2)13(9)17-14-11(15)7-4-8-12(14)16/h9-14H,3-8H2,1-2H3. The SMILES string of the molecule is CC1CCCC(C)C1SC1C(Cl)CCCC1Cl. The van der Waals surface area contributed by atoms with E-state index < -0.39 is 0 Å². The van der Waals surface area contributed by atoms with Gasteiger partial charge in [-0.25, -0.2) is 0 Å². The first-order chi connectivity index (χ1) is 8.09. The summed E-state index contributed by atoms with van der Waals surface area (Å²) in [6, 6.07) is 0. The zero-order valence-corrected chi connectivity index (χ0v) is 13.2. The molecule has 0 saturated heterocycles. The molecule has 0 heterocycles. The summed E-state index contributed by atoms with van der Waals surface area (Å²) < 4.78 is 0. The van der Waals surface area contributed by atoms with Crippen LogP contribution >= 0.6 is 35.0 Å². The Hall–Kier alpha value is 0.930. The van der Waals surface area contributed by atoms with Crippen molar-refractivity contribution in [3.05, 3.63) is 0 Å². The molecular formula is C14H24Cl2S. The quantitative estimate of drug-likeness (QED) is 0.622. The van der Waals surface area contributed by atoms with E-state index in [1.165, 1.54) is 25.7 Å². The molecule has 3 heteroatoms. The molecule has 0 aromatic heterocycles. The fourth-order valence-electron chi connectivity index (χ4n) is 3.33. The van der Waals surface area contributed by atoms with Crippen LogP contribution in [0.25, 0.3) is 0 Å². The normalized spacial score (nSPS) is 48.0. The molecule has 0 amide bonds. The summed E-state index contributed by atoms with van der Waals surface area (Å²) in [6.45, 7) is 4.81. The Morgan fingerprint density at radius 3 is 1.76 bits per heavy atom. The lowest BCUT2D eigenvalue weighted by atomic mass is 9.83. The predicted octanol–water partition coefficient (Wildman–Crippen LogP) is 5.31. The van der Waals surface area contributed by atoms with E-state index in [-0.39, 0.29) is 10.8 Å². The van der Waals surface area contributed by atoms with Crippen molar-refractivity contribution in [2.75, 3.05) is 0 Å². The van der Waals surface area contributed by atoms with E-state index in [1.54, 1.807) is 0 Å². The van der Waals surface area contributed by atoms with Crippen LogP contribution in [0.2, 0.25) is 0 Å². The fourth-order valence-corrected chi connectivity index (χ4v) is 6.21. The third-order valence-electron chi connectivity index (χ3n) is 4.43. The Bertz CT molecular complexity index is 202. The zero-order valence-electron chi connectivity index (χ0n) is 10.9. The van der Waals surface area contributed by atoms with Crippen LogP contribution in [0.15, 0.2) is 0 Å². The molecule has 2 rings (SSSR count). The average molecular weight is 295 g/mol. The van der Waals surface area contributed by atoms with E-state index in [4.69, 9.17) is 23.2 Å². The van der Waals surface area contributed by atoms with Gasteiger partial charge in [-0.1, -0.05) is 26.7 Å². The van der Waals surface area contributed by atoms with Gasteiger partial charge in [0.1, 0.15) is 0 Å². The first kappa shape index (κ1) is 14.3. The minimum Gasteiger partial charge on any atom is -0.152 e. The summed E-state index contributed by atoms with van der Waals surface area (Å²) in [6.07, 6.45) is 7.67. The molecule has 0 aromatic rings. The second kappa shape index (κ2) is 6.39. The molecule has 0 nitrogen and oxygen atoms in total. The van der Waals surface area contributed by atoms with E-state index in [0.717, 1.165) is 29.9 Å². The number of hydrogen-bond donors (Lipinski definition) is 0. The second-order valence-electron chi connectivity index (χ2n) is 5.91. The van der Waals surface area contributed by atoms with Gasteiger partial charge >= 0.3 is 0 Å². The smallest absolute Gasteiger partial charge is 0.0469 e. The molecule has 100 valence electrons. The van der Waals surface area contributed by atoms with Crippen molar-refractivity contribution in [3.8, 4) is 0 Å². The number of halogens is 2. The lowest BCUT2D eigenvalue weighted by molar-refractivity contribution is 0.312. The molecule has 0 spiro atoms. The first-order valence-corrected chi connectivity index (χ1v) is 8.84. The van der Waals surface area contributed by atoms with Crippen LogP contribution in [0.1, 0.15) is 52.4 Å². The van der Waals surface area contributed by atoms with Crippen LogP contribution in [0.3, 0.4) is 0 Å². The molecule has 0 bridgehead atoms. The van der Waals surface area contributed by atoms with Crippen LogP contribution in [0, 0.1) is 11.8 Å². The van der Waals surface area contributed by atoms with Gasteiger partial charge in [0.25, 0.3) is 0 Å². The van der Waals surface area contributed by atoms with Crippen molar-refractivity contribution in [1.82, 2.24) is 0 Å². The summed E-state index contributed by atoms with van der Waals surface area (Å²) >= 11 is 15.1. The molecule has 2 saturated carbocycles. The molecule has 0 N–H and O–H groups in total. The molecular weight excluding hydrogens is 271 g/mol. The maximum Gasteiger partial charge on any atom is 0.0469 e. The van der Waals surface area contributed by atoms with Gasteiger partial charge in [0.05, 0.1) is 0 Å². The summed E-state index contributed by atoms with van der Waals surface area (Å²) in [5, 5.41) is 1.82. The van der Waals surface area contributed by atoms with Gasteiger partial charge in [-0.2, -0.15) is 11.8 Å². The van der Waals surface area contributed by atoms with E-state index in [2.05, 4.69) is 25.6 Å². The molecule has 4 atom stereocenters. The van der Waals surface area contributed by atoms with Crippen LogP contribution < -0.4 is 0 Å². The maximum atomic E-state index is 6.49. The minimum atomic E-state index is 0.289. The largest absolute Gasteiger partial charge is 0.152 e. The summed E-state index contributed by atoms with van der Waals surface area (Å²) in [5.74, 6) is 1.66. The molecule has 0 aromatic carbocycles. The van der Waals surface area contributed by atoms with Crippen molar-refractivity contribution in [3.63, 3.8) is 0 Å². The van der Waals surface area contributed by atoms with Crippen LogP contribution in [0.5, 0.6) is 0 Å². The highest BCUT2D eigenvalue weighted by molar-refractivity contribution is 8.00. The number of thioether (sulfide) groups is 1. The van der Waals surface area contributed by atoms with E-state index in [1.807, 2.05) is 0 Å². The van der Waals surface area contributed by atoms with Crippen molar-refractivity contribution < 1.29 is 0 Å². The average Bonchev–Trinajstić information content (AvgIpc) is 2.27. The zero-order chi connectivity index (χ0) is 12.4. The van der Waals surface area contributed by atoms with Gasteiger partial charge in [0.15, 0.2) is 0 Å². The highest BCUT2D eigenvalue weighted by Gasteiger charge is 2.37. The predicted molar refractivity (Wildman–Crippen MR) is 80.5 cm³/mol. The number of alkyl halides is 2. The van der Waals surface area contributed by atoms with E-state index in [0.29, 0.717) is 5.25 Å². The fraction of sp³-hybridized carbons (Fsp3) is 1.00. The molecule has 2 aliphatic rings. The Morgan fingerprint density at radius 1 is 0.765 bits per heavy atom. The molecule has 2 fully saturated rings. The summed E-state index contributed by atoms with van der Waals surface area (Å²) in [7, 11) is 0. The highest BCUT2D eigenvalue weighted by Crippen LogP contribution is 2.44. The first-order valence-electron chi connectivity index (χ1n) is 7.03. The molecule has 0 radical (unpaired) electrons. The van der Waals surface area contributed by atoms with Gasteiger partial charge in [-0.3, -0.25) is 0 Å². The van der Waals surface area contributed by atoms with Crippen molar-refractivity contribution in [2.24, 2.45) is 11.8 Å². The van der Waals surface area contributed by atoms with Crippen molar-refractivity contribution in [1.29, 1.82) is 0 Å². The lowest BCUT2D eigenvalue weighted by Crippen LogP contribution is -2.38. The topological polar surface area (TPSA) is 0 Å². The van der Waals surface area contributed by atoms with Gasteiger partial charge in [0.2, 0.25) is 0 Å². The van der Waals surface area contributed by atoms with Crippen LogP contribution in [0.4, 0.5) is 0 Å². The molecule has 4 unspecified atom stereocenters. The molecule has 2 aliphatic carbocycles. The summed E-state index contributed by atoms with van der Waals surface area (Å²) in [4.78, 5) is 0. The maximum absolute atomic E-state index is 6.49. The third kappa shape index (κ3) is 3.48. The Balaban J connectivity index is 1.97. The van der Waals surface area contributed by atoms with Gasteiger partial charge in [-0.05, 0) is 37.5 Å². The van der Waals surface area contributed by atoms with Crippen LogP contribution in [-0.4, -0.2) is 21.3 Å². The monoisotopic (exact) mass is 294 g/mol. The van der Waals surface area contributed by atoms with E-state index in [9.17, 15) is 0 Å². The van der Waals surface area contributed by atoms with E-state index >= 15 is 0 Å². The Labute approximate surface area is 120 Å². The lowest BCUT2D eigenvalue weighted by Gasteiger charge is -2.40. The van der Waals surface area contributed by atoms with Crippen LogP contribution in [-0.2, 0) is 0 Å². The Morgan fingerprint density at radius 2 is 1.24 bits per heavy atom. The third-order valence-corrected chi connectivity index (χ3v) is 7.92. The second-order valence-corrected chi connectivity index (χ2v) is 8.40. The van der Waals surface area contributed by atoms with Gasteiger partial charge in [0, 0.05) is 21.3 Å². The number of rotatable bonds is 2. The van der Waals surface area contributed by atoms with Crippen molar-refractivity contribution in [2.45, 2.75) is 73.6 Å². The number of hydrogen-bond acceptors (Lipinski definition) is 1. The highest BCUT2D eigenvalue weighted by atomic mass is 35.5. The van der Waals surface area contributed by atoms with Gasteiger partial charge in [-0.15, -0.1) is 23.2 Å². The molecule has 0 aliphatic heterocycles. The minimum absolute atomic E-state index is 0.289. The van der Waals surface area contributed by atoms with Crippen molar-refractivity contribution >= 4 is 35.0 Å². The Kier molecular flexibility index (Phi) is 5.39. The van der Waals surface area contributed by atoms with Gasteiger partial charge < -0.3 is 0 Å². The summed E-state index contributed by atoms with van der Waals surface area (Å²) in [5.41, 5.74) is 0.